The Bertz CT molecular complexity index is 708. The Hall–Kier alpha value is -1.97. The van der Waals surface area contributed by atoms with Gasteiger partial charge in [-0.25, -0.2) is 8.42 Å². The van der Waals surface area contributed by atoms with Gasteiger partial charge < -0.3 is 10.2 Å². The van der Waals surface area contributed by atoms with Gasteiger partial charge in [-0.2, -0.15) is 0 Å². The molecule has 0 aliphatic carbocycles. The molecule has 0 fully saturated rings. The summed E-state index contributed by atoms with van der Waals surface area (Å²) in [7, 11) is -2.59. The van der Waals surface area contributed by atoms with Crippen LogP contribution in [0.25, 0.3) is 0 Å². The lowest BCUT2D eigenvalue weighted by molar-refractivity contribution is -0.123. The molecule has 0 saturated carbocycles. The van der Waals surface area contributed by atoms with Gasteiger partial charge in [0.25, 0.3) is 15.9 Å². The van der Waals surface area contributed by atoms with Gasteiger partial charge in [-0.1, -0.05) is 4.89 Å². The quantitative estimate of drug-likeness (QED) is 0.693. The number of nitrogens with one attached hydrogen (secondary N) is 2. The number of carbonyl (C=O) groups is 2. The summed E-state index contributed by atoms with van der Waals surface area (Å²) in [5.41, 5.74) is -0.0917. The van der Waals surface area contributed by atoms with Crippen molar-refractivity contribution in [1.29, 1.82) is 0 Å². The molecular formula is C16H25N3O5S. The van der Waals surface area contributed by atoms with Crippen molar-refractivity contribution < 1.29 is 22.8 Å². The molecule has 0 aliphatic rings. The Morgan fingerprint density at radius 3 is 2.16 bits per heavy atom. The summed E-state index contributed by atoms with van der Waals surface area (Å²) in [5, 5.41) is 2.80. The zero-order valence-corrected chi connectivity index (χ0v) is 15.9. The lowest BCUT2D eigenvalue weighted by atomic mass is 10.1. The maximum atomic E-state index is 12.5. The van der Waals surface area contributed by atoms with Gasteiger partial charge in [0.1, 0.15) is 0 Å². The molecular weight excluding hydrogens is 346 g/mol. The summed E-state index contributed by atoms with van der Waals surface area (Å²) in [6.07, 6.45) is 0. The number of carbonyl (C=O) groups excluding carboxylic acids is 2. The summed E-state index contributed by atoms with van der Waals surface area (Å²) >= 11 is 0. The molecule has 0 atom stereocenters. The van der Waals surface area contributed by atoms with Crippen LogP contribution in [0.3, 0.4) is 0 Å². The standard InChI is InChI=1S/C16H25N3O5S/c1-6-19(11-14(20)17-16(2,3)4)15(21)12-7-9-13(10-8-12)25(22,23)18-24-5/h7-10,18H,6,11H2,1-5H3,(H,17,20). The maximum Gasteiger partial charge on any atom is 0.262 e. The molecule has 8 nitrogen and oxygen atoms in total. The van der Waals surface area contributed by atoms with Crippen LogP contribution < -0.4 is 10.2 Å². The van der Waals surface area contributed by atoms with Crippen LogP contribution in [-0.2, 0) is 19.7 Å². The number of amides is 2. The van der Waals surface area contributed by atoms with Crippen LogP contribution >= 0.6 is 0 Å². The molecule has 1 aromatic carbocycles. The lowest BCUT2D eigenvalue weighted by Crippen LogP contribution is -2.47. The summed E-state index contributed by atoms with van der Waals surface area (Å²) in [5.74, 6) is -0.610. The van der Waals surface area contributed by atoms with Crippen molar-refractivity contribution in [1.82, 2.24) is 15.1 Å². The van der Waals surface area contributed by atoms with Crippen molar-refractivity contribution in [3.05, 3.63) is 29.8 Å². The van der Waals surface area contributed by atoms with E-state index in [0.717, 1.165) is 0 Å². The van der Waals surface area contributed by atoms with Crippen LogP contribution in [-0.4, -0.2) is 50.9 Å². The molecule has 0 bridgehead atoms. The van der Waals surface area contributed by atoms with Gasteiger partial charge in [0.15, 0.2) is 0 Å². The van der Waals surface area contributed by atoms with E-state index < -0.39 is 10.0 Å². The monoisotopic (exact) mass is 371 g/mol. The number of hydrogen-bond acceptors (Lipinski definition) is 5. The van der Waals surface area contributed by atoms with Crippen LogP contribution in [0.5, 0.6) is 0 Å². The van der Waals surface area contributed by atoms with Crippen LogP contribution in [0.15, 0.2) is 29.2 Å². The molecule has 2 amide bonds. The van der Waals surface area contributed by atoms with Crippen LogP contribution in [0.1, 0.15) is 38.1 Å². The van der Waals surface area contributed by atoms with Crippen molar-refractivity contribution in [3.63, 3.8) is 0 Å². The minimum absolute atomic E-state index is 0.0283. The third-order valence-corrected chi connectivity index (χ3v) is 4.40. The zero-order chi connectivity index (χ0) is 19.3. The Balaban J connectivity index is 2.88. The van der Waals surface area contributed by atoms with Crippen molar-refractivity contribution in [2.45, 2.75) is 38.1 Å². The van der Waals surface area contributed by atoms with Crippen molar-refractivity contribution >= 4 is 21.8 Å². The molecule has 0 aromatic heterocycles. The van der Waals surface area contributed by atoms with Gasteiger partial charge in [-0.05, 0) is 52.0 Å². The van der Waals surface area contributed by atoms with E-state index in [4.69, 9.17) is 0 Å². The molecule has 1 rings (SSSR count). The zero-order valence-electron chi connectivity index (χ0n) is 15.1. The van der Waals surface area contributed by atoms with Gasteiger partial charge in [-0.3, -0.25) is 14.4 Å². The van der Waals surface area contributed by atoms with E-state index in [2.05, 4.69) is 10.2 Å². The van der Waals surface area contributed by atoms with Crippen LogP contribution in [0.4, 0.5) is 0 Å². The van der Waals surface area contributed by atoms with Gasteiger partial charge >= 0.3 is 0 Å². The second kappa shape index (κ2) is 8.41. The molecule has 0 aliphatic heterocycles. The predicted molar refractivity (Wildman–Crippen MR) is 93.2 cm³/mol. The van der Waals surface area contributed by atoms with Gasteiger partial charge in [0.2, 0.25) is 5.91 Å². The van der Waals surface area contributed by atoms with E-state index in [1.54, 1.807) is 6.92 Å². The molecule has 0 spiro atoms. The van der Waals surface area contributed by atoms with E-state index in [9.17, 15) is 18.0 Å². The fraction of sp³-hybridized carbons (Fsp3) is 0.500. The number of benzene rings is 1. The van der Waals surface area contributed by atoms with Crippen molar-refractivity contribution in [3.8, 4) is 0 Å². The third-order valence-electron chi connectivity index (χ3n) is 3.12. The van der Waals surface area contributed by atoms with E-state index in [1.807, 2.05) is 25.7 Å². The van der Waals surface area contributed by atoms with E-state index >= 15 is 0 Å². The number of nitrogens with zero attached hydrogens (tertiary/aromatic N) is 1. The van der Waals surface area contributed by atoms with Crippen LogP contribution in [0.2, 0.25) is 0 Å². The van der Waals surface area contributed by atoms with Crippen LogP contribution in [0, 0.1) is 0 Å². The Morgan fingerprint density at radius 2 is 1.72 bits per heavy atom. The molecule has 25 heavy (non-hydrogen) atoms. The SMILES string of the molecule is CCN(CC(=O)NC(C)(C)C)C(=O)c1ccc(S(=O)(=O)NOC)cc1. The first-order chi connectivity index (χ1) is 11.5. The van der Waals surface area contributed by atoms with Gasteiger partial charge in [0.05, 0.1) is 18.6 Å². The first-order valence-corrected chi connectivity index (χ1v) is 9.23. The molecule has 1 aromatic rings. The molecule has 0 heterocycles. The smallest absolute Gasteiger partial charge is 0.262 e. The number of rotatable bonds is 7. The summed E-state index contributed by atoms with van der Waals surface area (Å²) in [6, 6.07) is 5.41. The highest BCUT2D eigenvalue weighted by Gasteiger charge is 2.21. The molecule has 9 heteroatoms. The predicted octanol–water partition coefficient (Wildman–Crippen LogP) is 0.903. The maximum absolute atomic E-state index is 12.5. The lowest BCUT2D eigenvalue weighted by Gasteiger charge is -2.25. The van der Waals surface area contributed by atoms with Crippen molar-refractivity contribution in [2.75, 3.05) is 20.2 Å². The fourth-order valence-corrected chi connectivity index (χ4v) is 2.89. The second-order valence-electron chi connectivity index (χ2n) is 6.43. The average Bonchev–Trinajstić information content (AvgIpc) is 2.50. The molecule has 0 radical (unpaired) electrons. The van der Waals surface area contributed by atoms with E-state index in [-0.39, 0.29) is 28.8 Å². The summed E-state index contributed by atoms with van der Waals surface area (Å²) < 4.78 is 23.6. The highest BCUT2D eigenvalue weighted by atomic mass is 32.2. The number of hydrogen-bond donors (Lipinski definition) is 2. The fourth-order valence-electron chi connectivity index (χ4n) is 2.08. The second-order valence-corrected chi connectivity index (χ2v) is 8.08. The molecule has 2 N–H and O–H groups in total. The van der Waals surface area contributed by atoms with Gasteiger partial charge in [-0.15, -0.1) is 0 Å². The average molecular weight is 371 g/mol. The minimum Gasteiger partial charge on any atom is -0.350 e. The highest BCUT2D eigenvalue weighted by Crippen LogP contribution is 2.12. The summed E-state index contributed by atoms with van der Waals surface area (Å²) in [4.78, 5) is 32.2. The molecule has 0 saturated heterocycles. The van der Waals surface area contributed by atoms with E-state index in [0.29, 0.717) is 12.1 Å². The third kappa shape index (κ3) is 6.45. The van der Waals surface area contributed by atoms with Crippen molar-refractivity contribution in [2.24, 2.45) is 0 Å². The Kier molecular flexibility index (Phi) is 7.09. The first-order valence-electron chi connectivity index (χ1n) is 7.75. The number of likely N-dealkylation sites (N-methyl/N-ethyl adjacent to an activating group) is 1. The molecule has 0 unspecified atom stereocenters. The molecule has 140 valence electrons. The summed E-state index contributed by atoms with van der Waals surface area (Å²) in [6.45, 7) is 7.62. The Labute approximate surface area is 148 Å². The largest absolute Gasteiger partial charge is 0.350 e. The topological polar surface area (TPSA) is 105 Å². The first kappa shape index (κ1) is 21.1. The normalized spacial score (nSPS) is 11.9. The van der Waals surface area contributed by atoms with E-state index in [1.165, 1.54) is 36.3 Å². The minimum atomic E-state index is -3.78. The highest BCUT2D eigenvalue weighted by molar-refractivity contribution is 7.89. The number of sulfonamides is 1. The van der Waals surface area contributed by atoms with Gasteiger partial charge in [0, 0.05) is 17.6 Å². The Morgan fingerprint density at radius 1 is 1.16 bits per heavy atom.